The summed E-state index contributed by atoms with van der Waals surface area (Å²) in [6, 6.07) is 19.8. The molecule has 0 aliphatic carbocycles. The van der Waals surface area contributed by atoms with Crippen LogP contribution in [0.4, 0.5) is 0 Å². The van der Waals surface area contributed by atoms with Gasteiger partial charge in [-0.05, 0) is 30.5 Å². The Morgan fingerprint density at radius 3 is 2.69 bits per heavy atom. The predicted molar refractivity (Wildman–Crippen MR) is 111 cm³/mol. The monoisotopic (exact) mass is 359 g/mol. The molecule has 1 atom stereocenters. The molecule has 0 radical (unpaired) electrons. The van der Waals surface area contributed by atoms with Crippen molar-refractivity contribution in [2.45, 2.75) is 19.4 Å². The molecule has 0 spiro atoms. The van der Waals surface area contributed by atoms with Gasteiger partial charge in [-0.2, -0.15) is 0 Å². The highest BCUT2D eigenvalue weighted by atomic mass is 32.2. The van der Waals surface area contributed by atoms with E-state index in [9.17, 15) is 0 Å². The van der Waals surface area contributed by atoms with E-state index in [4.69, 9.17) is 4.99 Å². The molecule has 2 aromatic carbocycles. The van der Waals surface area contributed by atoms with Crippen molar-refractivity contribution in [3.8, 4) is 0 Å². The number of aromatic nitrogens is 1. The maximum atomic E-state index is 4.85. The molecule has 2 aliphatic heterocycles. The SMILES string of the molecule is CC1=C(c2ccccc2)N2C(=NC[C@H]2Cc2cn(C)c3ccccc23)S1. The maximum absolute atomic E-state index is 4.85. The third-order valence-corrected chi connectivity index (χ3v) is 6.32. The second kappa shape index (κ2) is 6.06. The van der Waals surface area contributed by atoms with Gasteiger partial charge >= 0.3 is 0 Å². The molecular formula is C22H21N3S. The number of allylic oxidation sites excluding steroid dienone is 1. The van der Waals surface area contributed by atoms with Gasteiger partial charge in [0, 0.05) is 29.1 Å². The van der Waals surface area contributed by atoms with Gasteiger partial charge in [-0.25, -0.2) is 0 Å². The summed E-state index contributed by atoms with van der Waals surface area (Å²) < 4.78 is 2.24. The molecule has 130 valence electrons. The fraction of sp³-hybridized carbons (Fsp3) is 0.227. The fourth-order valence-corrected chi connectivity index (χ4v) is 5.21. The molecule has 3 nitrogen and oxygen atoms in total. The second-order valence-electron chi connectivity index (χ2n) is 7.01. The van der Waals surface area contributed by atoms with Crippen LogP contribution in [-0.2, 0) is 13.5 Å². The van der Waals surface area contributed by atoms with Crippen molar-refractivity contribution in [1.82, 2.24) is 9.47 Å². The lowest BCUT2D eigenvalue weighted by Gasteiger charge is -2.26. The van der Waals surface area contributed by atoms with Crippen LogP contribution in [0.15, 0.2) is 70.7 Å². The Morgan fingerprint density at radius 2 is 1.85 bits per heavy atom. The van der Waals surface area contributed by atoms with Crippen molar-refractivity contribution >= 4 is 33.5 Å². The Hall–Kier alpha value is -2.46. The van der Waals surface area contributed by atoms with Gasteiger partial charge in [0.2, 0.25) is 0 Å². The quantitative estimate of drug-likeness (QED) is 0.663. The number of fused-ring (bicyclic) bond motifs is 2. The van der Waals surface area contributed by atoms with Crippen molar-refractivity contribution in [3.63, 3.8) is 0 Å². The normalized spacial score (nSPS) is 19.4. The summed E-state index contributed by atoms with van der Waals surface area (Å²) in [5.74, 6) is 0. The van der Waals surface area contributed by atoms with Gasteiger partial charge in [0.25, 0.3) is 0 Å². The van der Waals surface area contributed by atoms with E-state index < -0.39 is 0 Å². The molecule has 0 amide bonds. The largest absolute Gasteiger partial charge is 0.350 e. The number of benzene rings is 2. The van der Waals surface area contributed by atoms with Crippen LogP contribution in [0.25, 0.3) is 16.6 Å². The molecule has 5 rings (SSSR count). The number of para-hydroxylation sites is 1. The van der Waals surface area contributed by atoms with Crippen molar-refractivity contribution in [1.29, 1.82) is 0 Å². The molecular weight excluding hydrogens is 338 g/mol. The van der Waals surface area contributed by atoms with E-state index in [2.05, 4.69) is 84.2 Å². The molecule has 4 heteroatoms. The standard InChI is InChI=1S/C22H21N3S/c1-15-21(16-8-4-3-5-9-16)25-18(13-23-22(25)26-15)12-17-14-24(2)20-11-7-6-10-19(17)20/h3-11,14,18H,12-13H2,1-2H3/t18-/m1/s1. The third kappa shape index (κ3) is 2.40. The number of thioether (sulfide) groups is 1. The minimum atomic E-state index is 0.385. The highest BCUT2D eigenvalue weighted by molar-refractivity contribution is 8.17. The first-order valence-electron chi connectivity index (χ1n) is 9.03. The Labute approximate surface area is 158 Å². The lowest BCUT2D eigenvalue weighted by atomic mass is 10.0. The van der Waals surface area contributed by atoms with Gasteiger partial charge in [-0.15, -0.1) is 0 Å². The highest BCUT2D eigenvalue weighted by Gasteiger charge is 2.37. The first-order chi connectivity index (χ1) is 12.7. The van der Waals surface area contributed by atoms with Crippen molar-refractivity contribution < 1.29 is 0 Å². The molecule has 0 N–H and O–H groups in total. The zero-order chi connectivity index (χ0) is 17.7. The van der Waals surface area contributed by atoms with Crippen LogP contribution in [0.5, 0.6) is 0 Å². The average molecular weight is 359 g/mol. The van der Waals surface area contributed by atoms with Crippen molar-refractivity contribution in [2.24, 2.45) is 12.0 Å². The number of rotatable bonds is 3. The molecule has 0 bridgehead atoms. The summed E-state index contributed by atoms with van der Waals surface area (Å²) in [5, 5.41) is 2.52. The lowest BCUT2D eigenvalue weighted by Crippen LogP contribution is -2.33. The molecule has 0 unspecified atom stereocenters. The Morgan fingerprint density at radius 1 is 1.08 bits per heavy atom. The predicted octanol–water partition coefficient (Wildman–Crippen LogP) is 4.90. The second-order valence-corrected chi connectivity index (χ2v) is 8.19. The van der Waals surface area contributed by atoms with Crippen LogP contribution in [0.3, 0.4) is 0 Å². The summed E-state index contributed by atoms with van der Waals surface area (Å²) in [6.45, 7) is 3.08. The van der Waals surface area contributed by atoms with Crippen LogP contribution in [0.1, 0.15) is 18.1 Å². The first kappa shape index (κ1) is 15.8. The van der Waals surface area contributed by atoms with E-state index >= 15 is 0 Å². The number of hydrogen-bond donors (Lipinski definition) is 0. The van der Waals surface area contributed by atoms with Gasteiger partial charge < -0.3 is 9.47 Å². The summed E-state index contributed by atoms with van der Waals surface area (Å²) in [5.41, 5.74) is 5.32. The Bertz CT molecular complexity index is 1050. The number of nitrogens with zero attached hydrogens (tertiary/aromatic N) is 3. The fourth-order valence-electron chi connectivity index (χ4n) is 4.15. The minimum absolute atomic E-state index is 0.385. The lowest BCUT2D eigenvalue weighted by molar-refractivity contribution is 0.462. The summed E-state index contributed by atoms with van der Waals surface area (Å²) in [4.78, 5) is 8.66. The van der Waals surface area contributed by atoms with Crippen molar-refractivity contribution in [2.75, 3.05) is 6.54 Å². The van der Waals surface area contributed by atoms with Crippen LogP contribution < -0.4 is 0 Å². The zero-order valence-electron chi connectivity index (χ0n) is 15.0. The molecule has 3 aromatic rings. The minimum Gasteiger partial charge on any atom is -0.350 e. The molecule has 1 aromatic heterocycles. The number of aliphatic imine (C=N–C) groups is 1. The Balaban J connectivity index is 1.51. The third-order valence-electron chi connectivity index (χ3n) is 5.31. The van der Waals surface area contributed by atoms with E-state index in [-0.39, 0.29) is 0 Å². The van der Waals surface area contributed by atoms with E-state index in [0.717, 1.165) is 18.1 Å². The summed E-state index contributed by atoms with van der Waals surface area (Å²) in [7, 11) is 2.13. The smallest absolute Gasteiger partial charge is 0.168 e. The summed E-state index contributed by atoms with van der Waals surface area (Å²) >= 11 is 1.81. The van der Waals surface area contributed by atoms with E-state index in [1.807, 2.05) is 11.8 Å². The van der Waals surface area contributed by atoms with Crippen LogP contribution >= 0.6 is 11.8 Å². The number of hydrogen-bond acceptors (Lipinski definition) is 3. The van der Waals surface area contributed by atoms with Gasteiger partial charge in [0.15, 0.2) is 5.17 Å². The molecule has 0 saturated heterocycles. The number of aryl methyl sites for hydroxylation is 1. The number of amidine groups is 1. The first-order valence-corrected chi connectivity index (χ1v) is 9.85. The van der Waals surface area contributed by atoms with E-state index in [1.54, 1.807) is 0 Å². The molecule has 0 saturated carbocycles. The molecule has 3 heterocycles. The molecule has 26 heavy (non-hydrogen) atoms. The van der Waals surface area contributed by atoms with Crippen molar-refractivity contribution in [3.05, 3.63) is 76.8 Å². The topological polar surface area (TPSA) is 20.5 Å². The van der Waals surface area contributed by atoms with Gasteiger partial charge in [-0.3, -0.25) is 4.99 Å². The Kier molecular flexibility index (Phi) is 3.68. The van der Waals surface area contributed by atoms with Gasteiger partial charge in [0.05, 0.1) is 18.3 Å². The zero-order valence-corrected chi connectivity index (χ0v) is 15.8. The highest BCUT2D eigenvalue weighted by Crippen LogP contribution is 2.44. The average Bonchev–Trinajstić information content (AvgIpc) is 3.29. The van der Waals surface area contributed by atoms with E-state index in [1.165, 1.54) is 32.6 Å². The maximum Gasteiger partial charge on any atom is 0.168 e. The van der Waals surface area contributed by atoms with Crippen LogP contribution in [0, 0.1) is 0 Å². The van der Waals surface area contributed by atoms with Crippen LogP contribution in [-0.4, -0.2) is 27.2 Å². The van der Waals surface area contributed by atoms with Gasteiger partial charge in [-0.1, -0.05) is 60.3 Å². The van der Waals surface area contributed by atoms with Crippen LogP contribution in [0.2, 0.25) is 0 Å². The summed E-state index contributed by atoms with van der Waals surface area (Å²) in [6.07, 6.45) is 3.29. The molecule has 0 fully saturated rings. The van der Waals surface area contributed by atoms with Gasteiger partial charge in [0.1, 0.15) is 0 Å². The molecule has 2 aliphatic rings. The van der Waals surface area contributed by atoms with E-state index in [0.29, 0.717) is 6.04 Å².